The van der Waals surface area contributed by atoms with E-state index in [0.717, 1.165) is 19.4 Å². The number of anilines is 1. The molecule has 1 rings (SSSR count). The minimum Gasteiger partial charge on any atom is -0.342 e. The van der Waals surface area contributed by atoms with E-state index in [0.29, 0.717) is 11.8 Å². The highest BCUT2D eigenvalue weighted by atomic mass is 16.5. The zero-order chi connectivity index (χ0) is 11.5. The fraction of sp³-hybridized carbons (Fsp3) is 0.800. The number of nitrogens with two attached hydrogens (primary N) is 1. The van der Waals surface area contributed by atoms with Gasteiger partial charge in [-0.1, -0.05) is 13.3 Å². The van der Waals surface area contributed by atoms with E-state index in [-0.39, 0.29) is 0 Å². The van der Waals surface area contributed by atoms with E-state index in [1.165, 1.54) is 0 Å². The third-order valence-corrected chi connectivity index (χ3v) is 2.49. The highest BCUT2D eigenvalue weighted by Gasteiger charge is 2.27. The molecule has 1 aromatic heterocycles. The monoisotopic (exact) mass is 212 g/mol. The Bertz CT molecular complexity index is 308. The maximum absolute atomic E-state index is 6.09. The Balaban J connectivity index is 2.83. The maximum atomic E-state index is 6.09. The van der Waals surface area contributed by atoms with Crippen LogP contribution in [0.1, 0.15) is 39.5 Å². The topological polar surface area (TPSA) is 68.2 Å². The van der Waals surface area contributed by atoms with Gasteiger partial charge in [0.2, 0.25) is 5.89 Å². The summed E-state index contributed by atoms with van der Waals surface area (Å²) in [5.41, 5.74) is 5.57. The van der Waals surface area contributed by atoms with Gasteiger partial charge >= 0.3 is 0 Å². The zero-order valence-electron chi connectivity index (χ0n) is 9.95. The van der Waals surface area contributed by atoms with Crippen LogP contribution in [0.3, 0.4) is 0 Å². The van der Waals surface area contributed by atoms with Gasteiger partial charge in [-0.3, -0.25) is 0 Å². The van der Waals surface area contributed by atoms with Crippen molar-refractivity contribution < 1.29 is 4.52 Å². The zero-order valence-corrected chi connectivity index (χ0v) is 9.95. The normalized spacial score (nSPS) is 15.0. The van der Waals surface area contributed by atoms with Gasteiger partial charge in [0.05, 0.1) is 5.54 Å². The van der Waals surface area contributed by atoms with Crippen LogP contribution in [0.5, 0.6) is 0 Å². The van der Waals surface area contributed by atoms with E-state index in [1.807, 2.05) is 25.8 Å². The van der Waals surface area contributed by atoms with E-state index in [2.05, 4.69) is 17.1 Å². The maximum Gasteiger partial charge on any atom is 0.265 e. The first-order valence-corrected chi connectivity index (χ1v) is 5.35. The lowest BCUT2D eigenvalue weighted by atomic mass is 9.98. The van der Waals surface area contributed by atoms with Crippen LogP contribution in [-0.4, -0.2) is 23.7 Å². The molecule has 1 aromatic rings. The van der Waals surface area contributed by atoms with Crippen molar-refractivity contribution in [1.29, 1.82) is 0 Å². The fourth-order valence-corrected chi connectivity index (χ4v) is 1.37. The number of aromatic nitrogens is 2. The molecule has 0 saturated heterocycles. The Morgan fingerprint density at radius 2 is 2.13 bits per heavy atom. The Labute approximate surface area is 90.6 Å². The summed E-state index contributed by atoms with van der Waals surface area (Å²) in [6, 6.07) is 0. The first-order valence-electron chi connectivity index (χ1n) is 5.35. The van der Waals surface area contributed by atoms with Crippen molar-refractivity contribution in [3.05, 3.63) is 5.89 Å². The average Bonchev–Trinajstić information content (AvgIpc) is 2.66. The Hall–Kier alpha value is -1.10. The Kier molecular flexibility index (Phi) is 3.68. The fourth-order valence-electron chi connectivity index (χ4n) is 1.37. The average molecular weight is 212 g/mol. The molecule has 0 aromatic carbocycles. The summed E-state index contributed by atoms with van der Waals surface area (Å²) in [4.78, 5) is 6.21. The molecule has 0 amide bonds. The molecule has 15 heavy (non-hydrogen) atoms. The van der Waals surface area contributed by atoms with Crippen molar-refractivity contribution in [1.82, 2.24) is 10.1 Å². The summed E-state index contributed by atoms with van der Waals surface area (Å²) in [6.45, 7) is 6.87. The second-order valence-electron chi connectivity index (χ2n) is 4.08. The van der Waals surface area contributed by atoms with E-state index in [4.69, 9.17) is 10.3 Å². The summed E-state index contributed by atoms with van der Waals surface area (Å²) in [5.74, 6) is 1.11. The van der Waals surface area contributed by atoms with Crippen molar-refractivity contribution >= 4 is 5.95 Å². The van der Waals surface area contributed by atoms with Gasteiger partial charge in [-0.15, -0.1) is 0 Å². The molecule has 5 heteroatoms. The van der Waals surface area contributed by atoms with Crippen molar-refractivity contribution in [2.24, 2.45) is 5.73 Å². The first-order chi connectivity index (χ1) is 7.01. The van der Waals surface area contributed by atoms with Gasteiger partial charge in [-0.25, -0.2) is 0 Å². The standard InChI is InChI=1S/C10H20N4O/c1-5-7-10(3,11)8-12-9(13-15-8)14(4)6-2/h5-7,11H2,1-4H3. The number of nitrogens with zero attached hydrogens (tertiary/aromatic N) is 3. The van der Waals surface area contributed by atoms with Gasteiger partial charge in [0.1, 0.15) is 0 Å². The third kappa shape index (κ3) is 2.68. The van der Waals surface area contributed by atoms with E-state index >= 15 is 0 Å². The van der Waals surface area contributed by atoms with Crippen LogP contribution in [0, 0.1) is 0 Å². The predicted molar refractivity (Wildman–Crippen MR) is 59.7 cm³/mol. The molecule has 86 valence electrons. The van der Waals surface area contributed by atoms with Crippen LogP contribution in [0.2, 0.25) is 0 Å². The van der Waals surface area contributed by atoms with Crippen molar-refractivity contribution in [3.8, 4) is 0 Å². The Morgan fingerprint density at radius 3 is 2.67 bits per heavy atom. The molecule has 2 N–H and O–H groups in total. The molecule has 0 spiro atoms. The van der Waals surface area contributed by atoms with Gasteiger partial charge in [0.15, 0.2) is 0 Å². The molecular weight excluding hydrogens is 192 g/mol. The SMILES string of the molecule is CCCC(C)(N)c1nc(N(C)CC)no1. The Morgan fingerprint density at radius 1 is 1.47 bits per heavy atom. The largest absolute Gasteiger partial charge is 0.342 e. The summed E-state index contributed by atoms with van der Waals surface area (Å²) >= 11 is 0. The smallest absolute Gasteiger partial charge is 0.265 e. The summed E-state index contributed by atoms with van der Waals surface area (Å²) in [5, 5.41) is 3.90. The molecule has 1 atom stereocenters. The molecule has 5 nitrogen and oxygen atoms in total. The summed E-state index contributed by atoms with van der Waals surface area (Å²) in [7, 11) is 1.92. The second-order valence-corrected chi connectivity index (χ2v) is 4.08. The number of rotatable bonds is 5. The van der Waals surface area contributed by atoms with Crippen LogP contribution in [0.25, 0.3) is 0 Å². The molecule has 0 fully saturated rings. The lowest BCUT2D eigenvalue weighted by molar-refractivity contribution is 0.283. The first kappa shape index (κ1) is 12.0. The molecule has 0 bridgehead atoms. The second kappa shape index (κ2) is 4.61. The quantitative estimate of drug-likeness (QED) is 0.801. The van der Waals surface area contributed by atoms with Gasteiger partial charge in [-0.2, -0.15) is 4.98 Å². The van der Waals surface area contributed by atoms with Gasteiger partial charge in [-0.05, 0) is 25.4 Å². The van der Waals surface area contributed by atoms with Gasteiger partial charge in [0, 0.05) is 13.6 Å². The molecule has 0 radical (unpaired) electrons. The minimum atomic E-state index is -0.519. The minimum absolute atomic E-state index is 0.514. The van der Waals surface area contributed by atoms with Crippen LogP contribution < -0.4 is 10.6 Å². The van der Waals surface area contributed by atoms with Crippen molar-refractivity contribution in [2.75, 3.05) is 18.5 Å². The van der Waals surface area contributed by atoms with E-state index in [1.54, 1.807) is 0 Å². The van der Waals surface area contributed by atoms with E-state index in [9.17, 15) is 0 Å². The van der Waals surface area contributed by atoms with Crippen molar-refractivity contribution in [3.63, 3.8) is 0 Å². The van der Waals surface area contributed by atoms with Crippen molar-refractivity contribution in [2.45, 2.75) is 39.2 Å². The molecular formula is C10H20N4O. The molecule has 0 aliphatic heterocycles. The highest BCUT2D eigenvalue weighted by molar-refractivity contribution is 5.26. The number of hydrogen-bond donors (Lipinski definition) is 1. The predicted octanol–water partition coefficient (Wildman–Crippen LogP) is 1.50. The van der Waals surface area contributed by atoms with E-state index < -0.39 is 5.54 Å². The van der Waals surface area contributed by atoms with Crippen LogP contribution in [0.15, 0.2) is 4.52 Å². The molecule has 1 heterocycles. The molecule has 1 unspecified atom stereocenters. The van der Waals surface area contributed by atoms with Gasteiger partial charge < -0.3 is 15.2 Å². The summed E-state index contributed by atoms with van der Waals surface area (Å²) in [6.07, 6.45) is 1.83. The third-order valence-electron chi connectivity index (χ3n) is 2.49. The molecule has 0 aliphatic rings. The number of hydrogen-bond acceptors (Lipinski definition) is 5. The lowest BCUT2D eigenvalue weighted by Gasteiger charge is -2.18. The van der Waals surface area contributed by atoms with Gasteiger partial charge in [0.25, 0.3) is 5.95 Å². The lowest BCUT2D eigenvalue weighted by Crippen LogP contribution is -2.33. The highest BCUT2D eigenvalue weighted by Crippen LogP contribution is 2.22. The molecule has 0 saturated carbocycles. The van der Waals surface area contributed by atoms with Crippen LogP contribution in [-0.2, 0) is 5.54 Å². The molecule has 0 aliphatic carbocycles. The van der Waals surface area contributed by atoms with Crippen LogP contribution >= 0.6 is 0 Å². The van der Waals surface area contributed by atoms with Crippen LogP contribution in [0.4, 0.5) is 5.95 Å². The summed E-state index contributed by atoms with van der Waals surface area (Å²) < 4.78 is 5.18.